The first-order valence-electron chi connectivity index (χ1n) is 6.70. The van der Waals surface area contributed by atoms with Gasteiger partial charge in [0.1, 0.15) is 10.6 Å². The Labute approximate surface area is 118 Å². The predicted octanol–water partition coefficient (Wildman–Crippen LogP) is 3.28. The second kappa shape index (κ2) is 7.99. The van der Waals surface area contributed by atoms with Crippen LogP contribution in [0.5, 0.6) is 0 Å². The van der Waals surface area contributed by atoms with E-state index in [4.69, 9.17) is 10.5 Å². The van der Waals surface area contributed by atoms with Crippen LogP contribution in [0.4, 0.5) is 10.8 Å². The normalized spacial score (nSPS) is 12.2. The van der Waals surface area contributed by atoms with Gasteiger partial charge in [-0.25, -0.2) is 4.79 Å². The molecule has 1 atom stereocenters. The molecule has 5 nitrogen and oxygen atoms in total. The maximum absolute atomic E-state index is 11.6. The lowest BCUT2D eigenvalue weighted by Gasteiger charge is -2.14. The molecular formula is C13H23N3O2S. The molecule has 1 aromatic rings. The van der Waals surface area contributed by atoms with E-state index in [1.54, 1.807) is 0 Å². The van der Waals surface area contributed by atoms with Crippen molar-refractivity contribution in [3.8, 4) is 0 Å². The van der Waals surface area contributed by atoms with Crippen LogP contribution in [0.2, 0.25) is 0 Å². The maximum atomic E-state index is 11.6. The van der Waals surface area contributed by atoms with Crippen molar-refractivity contribution in [3.05, 3.63) is 5.56 Å². The van der Waals surface area contributed by atoms with E-state index in [9.17, 15) is 4.79 Å². The highest BCUT2D eigenvalue weighted by Crippen LogP contribution is 2.28. The number of aromatic nitrogens is 1. The van der Waals surface area contributed by atoms with Gasteiger partial charge in [-0.15, -0.1) is 0 Å². The zero-order chi connectivity index (χ0) is 14.3. The van der Waals surface area contributed by atoms with Crippen LogP contribution in [0.3, 0.4) is 0 Å². The zero-order valence-corrected chi connectivity index (χ0v) is 12.7. The molecular weight excluding hydrogens is 262 g/mol. The maximum Gasteiger partial charge on any atom is 0.344 e. The smallest absolute Gasteiger partial charge is 0.344 e. The van der Waals surface area contributed by atoms with Crippen molar-refractivity contribution in [1.29, 1.82) is 0 Å². The number of hydrogen-bond donors (Lipinski definition) is 2. The summed E-state index contributed by atoms with van der Waals surface area (Å²) in [6, 6.07) is 0.292. The van der Waals surface area contributed by atoms with Crippen molar-refractivity contribution in [1.82, 2.24) is 4.37 Å². The van der Waals surface area contributed by atoms with Crippen molar-refractivity contribution in [2.75, 3.05) is 18.2 Å². The van der Waals surface area contributed by atoms with Gasteiger partial charge in [-0.3, -0.25) is 0 Å². The van der Waals surface area contributed by atoms with Gasteiger partial charge >= 0.3 is 5.97 Å². The molecule has 6 heteroatoms. The Kier molecular flexibility index (Phi) is 6.62. The third-order valence-corrected chi connectivity index (χ3v) is 3.77. The van der Waals surface area contributed by atoms with Crippen LogP contribution in [0.1, 0.15) is 56.3 Å². The quantitative estimate of drug-likeness (QED) is 0.566. The predicted molar refractivity (Wildman–Crippen MR) is 79.7 cm³/mol. The summed E-state index contributed by atoms with van der Waals surface area (Å²) in [6.07, 6.45) is 6.01. The minimum atomic E-state index is -0.438. The van der Waals surface area contributed by atoms with Crippen LogP contribution >= 0.6 is 11.5 Å². The summed E-state index contributed by atoms with van der Waals surface area (Å²) in [5, 5.41) is 4.00. The van der Waals surface area contributed by atoms with Crippen molar-refractivity contribution in [3.63, 3.8) is 0 Å². The van der Waals surface area contributed by atoms with E-state index < -0.39 is 5.97 Å². The standard InChI is InChI=1S/C13H23N3O2S/c1-4-5-6-7-8-9(2)15-12-10(13(17)18-3)11(14)16-19-12/h9,15H,4-8H2,1-3H3,(H2,14,16). The van der Waals surface area contributed by atoms with Crippen molar-refractivity contribution >= 4 is 28.3 Å². The lowest BCUT2D eigenvalue weighted by molar-refractivity contribution is 0.0603. The van der Waals surface area contributed by atoms with E-state index in [0.717, 1.165) is 6.42 Å². The number of ether oxygens (including phenoxy) is 1. The molecule has 0 saturated heterocycles. The summed E-state index contributed by atoms with van der Waals surface area (Å²) >= 11 is 1.20. The number of carbonyl (C=O) groups excluding carboxylic acids is 1. The number of methoxy groups -OCH3 is 1. The molecule has 0 aliphatic rings. The van der Waals surface area contributed by atoms with Gasteiger partial charge < -0.3 is 15.8 Å². The molecule has 0 aliphatic heterocycles. The highest BCUT2D eigenvalue weighted by molar-refractivity contribution is 7.11. The Balaban J connectivity index is 2.54. The van der Waals surface area contributed by atoms with Crippen LogP contribution in [-0.4, -0.2) is 23.5 Å². The molecule has 0 spiro atoms. The molecule has 0 aromatic carbocycles. The average Bonchev–Trinajstić information content (AvgIpc) is 2.75. The van der Waals surface area contributed by atoms with Gasteiger partial charge in [0.05, 0.1) is 7.11 Å². The fourth-order valence-electron chi connectivity index (χ4n) is 1.87. The van der Waals surface area contributed by atoms with Gasteiger partial charge in [0.2, 0.25) is 0 Å². The fraction of sp³-hybridized carbons (Fsp3) is 0.692. The number of nitrogen functional groups attached to an aromatic ring is 1. The topological polar surface area (TPSA) is 77.2 Å². The molecule has 108 valence electrons. The second-order valence-electron chi connectivity index (χ2n) is 4.66. The fourth-order valence-corrected chi connectivity index (χ4v) is 2.69. The van der Waals surface area contributed by atoms with Crippen molar-refractivity contribution in [2.45, 2.75) is 52.0 Å². The molecule has 1 aromatic heterocycles. The first-order valence-corrected chi connectivity index (χ1v) is 7.47. The summed E-state index contributed by atoms with van der Waals surface area (Å²) in [5.41, 5.74) is 6.05. The van der Waals surface area contributed by atoms with E-state index in [0.29, 0.717) is 16.6 Å². The van der Waals surface area contributed by atoms with E-state index in [-0.39, 0.29) is 5.82 Å². The number of hydrogen-bond acceptors (Lipinski definition) is 6. The molecule has 0 aliphatic carbocycles. The Hall–Kier alpha value is -1.30. The first kappa shape index (κ1) is 15.8. The van der Waals surface area contributed by atoms with E-state index in [2.05, 4.69) is 23.5 Å². The summed E-state index contributed by atoms with van der Waals surface area (Å²) in [5.74, 6) is -0.204. The summed E-state index contributed by atoms with van der Waals surface area (Å²) in [6.45, 7) is 4.30. The number of carbonyl (C=O) groups is 1. The zero-order valence-electron chi connectivity index (χ0n) is 11.9. The SMILES string of the molecule is CCCCCCC(C)Nc1snc(N)c1C(=O)OC. The van der Waals surface area contributed by atoms with E-state index >= 15 is 0 Å². The number of unbranched alkanes of at least 4 members (excludes halogenated alkanes) is 3. The van der Waals surface area contributed by atoms with Crippen LogP contribution in [-0.2, 0) is 4.74 Å². The Morgan fingerprint density at radius 2 is 2.21 bits per heavy atom. The highest BCUT2D eigenvalue weighted by Gasteiger charge is 2.20. The Morgan fingerprint density at radius 1 is 1.47 bits per heavy atom. The summed E-state index contributed by atoms with van der Waals surface area (Å²) in [4.78, 5) is 11.6. The Bertz CT molecular complexity index is 407. The van der Waals surface area contributed by atoms with Gasteiger partial charge in [0.15, 0.2) is 5.82 Å². The average molecular weight is 285 g/mol. The number of esters is 1. The molecule has 0 amide bonds. The molecule has 0 radical (unpaired) electrons. The molecule has 0 saturated carbocycles. The van der Waals surface area contributed by atoms with Crippen molar-refractivity contribution < 1.29 is 9.53 Å². The van der Waals surface area contributed by atoms with Gasteiger partial charge in [0.25, 0.3) is 0 Å². The first-order chi connectivity index (χ1) is 9.10. The molecule has 1 rings (SSSR count). The van der Waals surface area contributed by atoms with Crippen LogP contribution in [0.25, 0.3) is 0 Å². The van der Waals surface area contributed by atoms with Gasteiger partial charge in [-0.2, -0.15) is 4.37 Å². The lowest BCUT2D eigenvalue weighted by atomic mass is 10.1. The monoisotopic (exact) mass is 285 g/mol. The molecule has 0 bridgehead atoms. The van der Waals surface area contributed by atoms with Crippen molar-refractivity contribution in [2.24, 2.45) is 0 Å². The number of rotatable bonds is 8. The third kappa shape index (κ3) is 4.70. The number of nitrogens with one attached hydrogen (secondary N) is 1. The Morgan fingerprint density at radius 3 is 2.84 bits per heavy atom. The summed E-state index contributed by atoms with van der Waals surface area (Å²) in [7, 11) is 1.34. The number of nitrogens with zero attached hydrogens (tertiary/aromatic N) is 1. The van der Waals surface area contributed by atoms with Crippen LogP contribution in [0.15, 0.2) is 0 Å². The van der Waals surface area contributed by atoms with Gasteiger partial charge in [-0.05, 0) is 24.9 Å². The van der Waals surface area contributed by atoms with Crippen LogP contribution < -0.4 is 11.1 Å². The number of anilines is 2. The molecule has 1 unspecified atom stereocenters. The van der Waals surface area contributed by atoms with Gasteiger partial charge in [-0.1, -0.05) is 32.6 Å². The third-order valence-electron chi connectivity index (χ3n) is 2.98. The minimum absolute atomic E-state index is 0.234. The molecule has 0 fully saturated rings. The summed E-state index contributed by atoms with van der Waals surface area (Å²) < 4.78 is 8.72. The number of nitrogens with two attached hydrogens (primary N) is 1. The molecule has 19 heavy (non-hydrogen) atoms. The highest BCUT2D eigenvalue weighted by atomic mass is 32.1. The van der Waals surface area contributed by atoms with E-state index in [1.165, 1.54) is 44.3 Å². The minimum Gasteiger partial charge on any atom is -0.465 e. The largest absolute Gasteiger partial charge is 0.465 e. The second-order valence-corrected chi connectivity index (χ2v) is 5.43. The van der Waals surface area contributed by atoms with E-state index in [1.807, 2.05) is 0 Å². The molecule has 1 heterocycles. The van der Waals surface area contributed by atoms with Crippen LogP contribution in [0, 0.1) is 0 Å². The van der Waals surface area contributed by atoms with Gasteiger partial charge in [0, 0.05) is 6.04 Å². The lowest BCUT2D eigenvalue weighted by Crippen LogP contribution is -2.16. The molecule has 3 N–H and O–H groups in total.